The first-order valence-electron chi connectivity index (χ1n) is 4.26. The molecule has 0 saturated carbocycles. The van der Waals surface area contributed by atoms with Crippen LogP contribution in [0, 0.1) is 11.3 Å². The van der Waals surface area contributed by atoms with Crippen LogP contribution < -0.4 is 0 Å². The van der Waals surface area contributed by atoms with Gasteiger partial charge in [-0.15, -0.1) is 0 Å². The second kappa shape index (κ2) is 3.85. The van der Waals surface area contributed by atoms with Gasteiger partial charge in [0.1, 0.15) is 17.1 Å². The van der Waals surface area contributed by atoms with Gasteiger partial charge in [-0.3, -0.25) is 0 Å². The summed E-state index contributed by atoms with van der Waals surface area (Å²) in [5.74, 6) is 0. The van der Waals surface area contributed by atoms with E-state index in [0.717, 1.165) is 0 Å². The number of rotatable bonds is 2. The molecule has 0 amide bonds. The van der Waals surface area contributed by atoms with Crippen molar-refractivity contribution >= 4 is 22.6 Å². The molecule has 5 nitrogen and oxygen atoms in total. The molecule has 0 saturated heterocycles. The van der Waals surface area contributed by atoms with E-state index in [1.54, 1.807) is 6.20 Å². The van der Waals surface area contributed by atoms with Crippen molar-refractivity contribution in [1.29, 1.82) is 5.26 Å². The zero-order chi connectivity index (χ0) is 10.8. The third-order valence-corrected chi connectivity index (χ3v) is 2.38. The second-order valence-corrected chi connectivity index (χ2v) is 3.37. The van der Waals surface area contributed by atoms with Crippen molar-refractivity contribution < 1.29 is 5.11 Å². The highest BCUT2D eigenvalue weighted by Gasteiger charge is 2.16. The van der Waals surface area contributed by atoms with Crippen molar-refractivity contribution in [3.05, 3.63) is 23.2 Å². The monoisotopic (exact) mass is 222 g/mol. The lowest BCUT2D eigenvalue weighted by molar-refractivity contribution is 0.185. The van der Waals surface area contributed by atoms with E-state index in [9.17, 15) is 5.11 Å². The summed E-state index contributed by atoms with van der Waals surface area (Å²) < 4.78 is 0. The minimum absolute atomic E-state index is 0.0121. The number of aliphatic hydroxyl groups excluding tert-OH is 1. The van der Waals surface area contributed by atoms with Crippen molar-refractivity contribution in [1.82, 2.24) is 15.0 Å². The number of halogens is 1. The Bertz CT molecular complexity index is 530. The molecule has 0 aromatic carbocycles. The van der Waals surface area contributed by atoms with E-state index >= 15 is 0 Å². The number of aliphatic hydroxyl groups is 1. The Balaban J connectivity index is 2.58. The number of fused-ring (bicyclic) bond motifs is 1. The van der Waals surface area contributed by atoms with Gasteiger partial charge in [0.25, 0.3) is 0 Å². The first-order chi connectivity index (χ1) is 7.24. The van der Waals surface area contributed by atoms with Gasteiger partial charge in [-0.1, -0.05) is 11.6 Å². The lowest BCUT2D eigenvalue weighted by Gasteiger charge is -2.04. The molecule has 2 rings (SSSR count). The van der Waals surface area contributed by atoms with Crippen LogP contribution in [0.25, 0.3) is 11.0 Å². The van der Waals surface area contributed by atoms with E-state index < -0.39 is 6.10 Å². The standard InChI is InChI=1S/C9H7ClN4O/c10-8-7-5(6(15)1-2-11)3-12-9(7)14-4-13-8/h3-4,6,15H,1H2,(H,12,13,14). The molecule has 0 bridgehead atoms. The van der Waals surface area contributed by atoms with Gasteiger partial charge < -0.3 is 10.1 Å². The summed E-state index contributed by atoms with van der Waals surface area (Å²) in [5, 5.41) is 19.0. The number of nitrogens with zero attached hydrogens (tertiary/aromatic N) is 3. The van der Waals surface area contributed by atoms with Crippen molar-refractivity contribution in [2.75, 3.05) is 0 Å². The first-order valence-corrected chi connectivity index (χ1v) is 4.64. The molecule has 0 aliphatic rings. The van der Waals surface area contributed by atoms with Crippen LogP contribution in [0.5, 0.6) is 0 Å². The van der Waals surface area contributed by atoms with E-state index in [0.29, 0.717) is 16.6 Å². The number of aromatic amines is 1. The number of H-pyrrole nitrogens is 1. The molecule has 0 radical (unpaired) electrons. The van der Waals surface area contributed by atoms with Gasteiger partial charge in [0, 0.05) is 11.8 Å². The predicted molar refractivity (Wildman–Crippen MR) is 54.1 cm³/mol. The van der Waals surface area contributed by atoms with Crippen LogP contribution >= 0.6 is 11.6 Å². The fraction of sp³-hybridized carbons (Fsp3) is 0.222. The molecule has 6 heteroatoms. The zero-order valence-corrected chi connectivity index (χ0v) is 8.36. The van der Waals surface area contributed by atoms with Crippen LogP contribution in [0.1, 0.15) is 18.1 Å². The van der Waals surface area contributed by atoms with Crippen LogP contribution in [-0.2, 0) is 0 Å². The molecule has 1 atom stereocenters. The molecule has 15 heavy (non-hydrogen) atoms. The van der Waals surface area contributed by atoms with Gasteiger partial charge in [0.2, 0.25) is 0 Å². The Morgan fingerprint density at radius 3 is 3.13 bits per heavy atom. The molecule has 0 aliphatic heterocycles. The number of hydrogen-bond acceptors (Lipinski definition) is 4. The van der Waals surface area contributed by atoms with Gasteiger partial charge in [-0.25, -0.2) is 9.97 Å². The molecule has 2 N–H and O–H groups in total. The van der Waals surface area contributed by atoms with Gasteiger partial charge in [0.15, 0.2) is 0 Å². The Hall–Kier alpha value is -1.64. The molecule has 2 heterocycles. The molecule has 2 aromatic rings. The molecule has 76 valence electrons. The van der Waals surface area contributed by atoms with Gasteiger partial charge in [-0.05, 0) is 0 Å². The minimum atomic E-state index is -0.868. The largest absolute Gasteiger partial charge is 0.387 e. The Morgan fingerprint density at radius 2 is 2.40 bits per heavy atom. The molecule has 0 fully saturated rings. The predicted octanol–water partition coefficient (Wildman–Crippen LogP) is 1.56. The van der Waals surface area contributed by atoms with Crippen LogP contribution in [0.2, 0.25) is 5.15 Å². The SMILES string of the molecule is N#CCC(O)c1c[nH]c2ncnc(Cl)c12. The second-order valence-electron chi connectivity index (χ2n) is 3.01. The van der Waals surface area contributed by atoms with Crippen LogP contribution in [0.3, 0.4) is 0 Å². The number of nitrogens with one attached hydrogen (secondary N) is 1. The first kappa shape index (κ1) is 9.90. The summed E-state index contributed by atoms with van der Waals surface area (Å²) in [5.41, 5.74) is 1.11. The van der Waals surface area contributed by atoms with E-state index in [4.69, 9.17) is 16.9 Å². The van der Waals surface area contributed by atoms with E-state index in [-0.39, 0.29) is 11.6 Å². The Kier molecular flexibility index (Phi) is 2.54. The average Bonchev–Trinajstić information content (AvgIpc) is 2.63. The summed E-state index contributed by atoms with van der Waals surface area (Å²) in [6.45, 7) is 0. The number of nitriles is 1. The number of hydrogen-bond donors (Lipinski definition) is 2. The fourth-order valence-electron chi connectivity index (χ4n) is 1.41. The van der Waals surface area contributed by atoms with E-state index in [1.807, 2.05) is 6.07 Å². The highest BCUT2D eigenvalue weighted by atomic mass is 35.5. The van der Waals surface area contributed by atoms with E-state index in [2.05, 4.69) is 15.0 Å². The summed E-state index contributed by atoms with van der Waals surface area (Å²) in [7, 11) is 0. The minimum Gasteiger partial charge on any atom is -0.387 e. The lowest BCUT2D eigenvalue weighted by atomic mass is 10.1. The summed E-state index contributed by atoms with van der Waals surface area (Å²) in [6.07, 6.45) is 2.07. The van der Waals surface area contributed by atoms with Gasteiger partial charge >= 0.3 is 0 Å². The third kappa shape index (κ3) is 1.65. The zero-order valence-electron chi connectivity index (χ0n) is 7.61. The maximum atomic E-state index is 9.68. The molecular weight excluding hydrogens is 216 g/mol. The van der Waals surface area contributed by atoms with Crippen LogP contribution in [-0.4, -0.2) is 20.1 Å². The van der Waals surface area contributed by atoms with Crippen LogP contribution in [0.15, 0.2) is 12.5 Å². The lowest BCUT2D eigenvalue weighted by Crippen LogP contribution is -1.95. The summed E-state index contributed by atoms with van der Waals surface area (Å²) >= 11 is 5.88. The maximum absolute atomic E-state index is 9.68. The highest BCUT2D eigenvalue weighted by molar-refractivity contribution is 6.34. The average molecular weight is 223 g/mol. The number of aromatic nitrogens is 3. The normalized spacial score (nSPS) is 12.6. The maximum Gasteiger partial charge on any atom is 0.142 e. The van der Waals surface area contributed by atoms with E-state index in [1.165, 1.54) is 6.33 Å². The Morgan fingerprint density at radius 1 is 1.60 bits per heavy atom. The third-order valence-electron chi connectivity index (χ3n) is 2.10. The van der Waals surface area contributed by atoms with Crippen LogP contribution in [0.4, 0.5) is 0 Å². The van der Waals surface area contributed by atoms with Crippen molar-refractivity contribution in [2.45, 2.75) is 12.5 Å². The molecular formula is C9H7ClN4O. The highest BCUT2D eigenvalue weighted by Crippen LogP contribution is 2.28. The Labute approximate surface area is 90.3 Å². The van der Waals surface area contributed by atoms with Gasteiger partial charge in [-0.2, -0.15) is 5.26 Å². The molecule has 0 aliphatic carbocycles. The molecule has 2 aromatic heterocycles. The fourth-order valence-corrected chi connectivity index (χ4v) is 1.65. The topological polar surface area (TPSA) is 85.6 Å². The quantitative estimate of drug-likeness (QED) is 0.755. The van der Waals surface area contributed by atoms with Crippen molar-refractivity contribution in [3.8, 4) is 6.07 Å². The molecule has 0 spiro atoms. The van der Waals surface area contributed by atoms with Crippen molar-refractivity contribution in [3.63, 3.8) is 0 Å². The summed E-state index contributed by atoms with van der Waals surface area (Å²) in [6, 6.07) is 1.89. The summed E-state index contributed by atoms with van der Waals surface area (Å²) in [4.78, 5) is 10.6. The molecule has 1 unspecified atom stereocenters. The smallest absolute Gasteiger partial charge is 0.142 e. The van der Waals surface area contributed by atoms with Gasteiger partial charge in [0.05, 0.1) is 24.0 Å². The van der Waals surface area contributed by atoms with Crippen molar-refractivity contribution in [2.24, 2.45) is 0 Å².